The van der Waals surface area contributed by atoms with Crippen molar-refractivity contribution in [3.8, 4) is 0 Å². The van der Waals surface area contributed by atoms with Gasteiger partial charge in [-0.2, -0.15) is 0 Å². The van der Waals surface area contributed by atoms with E-state index in [1.807, 2.05) is 24.3 Å². The molecule has 0 saturated carbocycles. The van der Waals surface area contributed by atoms with Gasteiger partial charge in [-0.05, 0) is 36.4 Å². The number of H-pyrrole nitrogens is 1. The van der Waals surface area contributed by atoms with Crippen LogP contribution in [0.2, 0.25) is 0 Å². The first-order valence-corrected chi connectivity index (χ1v) is 7.29. The summed E-state index contributed by atoms with van der Waals surface area (Å²) >= 11 is 0. The van der Waals surface area contributed by atoms with Gasteiger partial charge in [0.25, 0.3) is 11.5 Å². The SMILES string of the molecule is CC1CCNCC1NC(=O)c1cc2ccccc2[nH]c1=O. The number of hydrogen-bond donors (Lipinski definition) is 3. The molecule has 1 fully saturated rings. The molecule has 0 bridgehead atoms. The highest BCUT2D eigenvalue weighted by atomic mass is 16.2. The monoisotopic (exact) mass is 285 g/mol. The van der Waals surface area contributed by atoms with Gasteiger partial charge in [-0.3, -0.25) is 9.59 Å². The molecule has 2 heterocycles. The number of hydrogen-bond acceptors (Lipinski definition) is 3. The van der Waals surface area contributed by atoms with Crippen molar-refractivity contribution in [1.82, 2.24) is 15.6 Å². The van der Waals surface area contributed by atoms with Crippen LogP contribution in [-0.2, 0) is 0 Å². The predicted octanol–water partition coefficient (Wildman–Crippen LogP) is 1.26. The molecule has 0 aliphatic carbocycles. The van der Waals surface area contributed by atoms with Crippen molar-refractivity contribution in [2.24, 2.45) is 5.92 Å². The van der Waals surface area contributed by atoms with Crippen LogP contribution in [0.25, 0.3) is 10.9 Å². The summed E-state index contributed by atoms with van der Waals surface area (Å²) in [5.74, 6) is 0.109. The molecule has 3 N–H and O–H groups in total. The van der Waals surface area contributed by atoms with E-state index in [0.29, 0.717) is 5.92 Å². The van der Waals surface area contributed by atoms with Gasteiger partial charge in [0.2, 0.25) is 0 Å². The summed E-state index contributed by atoms with van der Waals surface area (Å²) in [4.78, 5) is 27.2. The highest BCUT2D eigenvalue weighted by Gasteiger charge is 2.24. The molecule has 1 aliphatic rings. The van der Waals surface area contributed by atoms with Gasteiger partial charge in [-0.25, -0.2) is 0 Å². The van der Waals surface area contributed by atoms with Gasteiger partial charge < -0.3 is 15.6 Å². The Morgan fingerprint density at radius 1 is 1.33 bits per heavy atom. The fourth-order valence-corrected chi connectivity index (χ4v) is 2.75. The van der Waals surface area contributed by atoms with Gasteiger partial charge in [0, 0.05) is 18.1 Å². The fraction of sp³-hybridized carbons (Fsp3) is 0.375. The number of aromatic amines is 1. The molecule has 1 amide bonds. The standard InChI is InChI=1S/C16H19N3O2/c1-10-6-7-17-9-14(10)19-16(21)12-8-11-4-2-3-5-13(11)18-15(12)20/h2-5,8,10,14,17H,6-7,9H2,1H3,(H,18,20)(H,19,21). The molecule has 3 rings (SSSR count). The minimum Gasteiger partial charge on any atom is -0.348 e. The second kappa shape index (κ2) is 5.69. The number of aromatic nitrogens is 1. The Morgan fingerprint density at radius 3 is 2.95 bits per heavy atom. The van der Waals surface area contributed by atoms with E-state index in [1.54, 1.807) is 6.07 Å². The molecule has 2 aromatic rings. The molecule has 1 aromatic heterocycles. The molecule has 5 heteroatoms. The van der Waals surface area contributed by atoms with Gasteiger partial charge in [-0.15, -0.1) is 0 Å². The molecule has 1 saturated heterocycles. The van der Waals surface area contributed by atoms with Crippen molar-refractivity contribution in [3.63, 3.8) is 0 Å². The highest BCUT2D eigenvalue weighted by Crippen LogP contribution is 2.13. The van der Waals surface area contributed by atoms with Crippen molar-refractivity contribution < 1.29 is 4.79 Å². The minimum atomic E-state index is -0.345. The molecule has 1 aliphatic heterocycles. The van der Waals surface area contributed by atoms with E-state index in [2.05, 4.69) is 22.5 Å². The van der Waals surface area contributed by atoms with Crippen LogP contribution in [0.3, 0.4) is 0 Å². The highest BCUT2D eigenvalue weighted by molar-refractivity contribution is 5.97. The maximum absolute atomic E-state index is 12.4. The molecule has 0 spiro atoms. The Morgan fingerprint density at radius 2 is 2.14 bits per heavy atom. The van der Waals surface area contributed by atoms with Crippen LogP contribution in [0.15, 0.2) is 35.1 Å². The molecular weight excluding hydrogens is 266 g/mol. The van der Waals surface area contributed by atoms with Crippen LogP contribution in [0, 0.1) is 5.92 Å². The van der Waals surface area contributed by atoms with Gasteiger partial charge in [0.1, 0.15) is 5.56 Å². The van der Waals surface area contributed by atoms with Crippen LogP contribution in [0.4, 0.5) is 0 Å². The molecule has 2 atom stereocenters. The number of rotatable bonds is 2. The normalized spacial score (nSPS) is 22.1. The zero-order valence-corrected chi connectivity index (χ0v) is 12.0. The first-order chi connectivity index (χ1) is 10.1. The second-order valence-electron chi connectivity index (χ2n) is 5.65. The Bertz CT molecular complexity index is 723. The number of nitrogens with one attached hydrogen (secondary N) is 3. The molecule has 0 radical (unpaired) electrons. The molecule has 1 aromatic carbocycles. The zero-order chi connectivity index (χ0) is 14.8. The van der Waals surface area contributed by atoms with E-state index < -0.39 is 0 Å². The van der Waals surface area contributed by atoms with Crippen molar-refractivity contribution in [1.29, 1.82) is 0 Å². The molecule has 110 valence electrons. The van der Waals surface area contributed by atoms with Crippen molar-refractivity contribution in [3.05, 3.63) is 46.2 Å². The van der Waals surface area contributed by atoms with Crippen LogP contribution >= 0.6 is 0 Å². The maximum Gasteiger partial charge on any atom is 0.261 e. The number of carbonyl (C=O) groups is 1. The largest absolute Gasteiger partial charge is 0.348 e. The molecule has 21 heavy (non-hydrogen) atoms. The van der Waals surface area contributed by atoms with Crippen molar-refractivity contribution in [2.45, 2.75) is 19.4 Å². The summed E-state index contributed by atoms with van der Waals surface area (Å²) in [5.41, 5.74) is 0.570. The molecule has 5 nitrogen and oxygen atoms in total. The lowest BCUT2D eigenvalue weighted by Gasteiger charge is -2.30. The van der Waals surface area contributed by atoms with Crippen LogP contribution in [-0.4, -0.2) is 30.0 Å². The molecule has 2 unspecified atom stereocenters. The van der Waals surface area contributed by atoms with Crippen LogP contribution in [0.5, 0.6) is 0 Å². The summed E-state index contributed by atoms with van der Waals surface area (Å²) in [5, 5.41) is 7.09. The van der Waals surface area contributed by atoms with E-state index >= 15 is 0 Å². The summed E-state index contributed by atoms with van der Waals surface area (Å²) < 4.78 is 0. The summed E-state index contributed by atoms with van der Waals surface area (Å²) in [6.45, 7) is 3.85. The van der Waals surface area contributed by atoms with Gasteiger partial charge in [-0.1, -0.05) is 25.1 Å². The van der Waals surface area contributed by atoms with E-state index in [-0.39, 0.29) is 23.1 Å². The Hall–Kier alpha value is -2.14. The van der Waals surface area contributed by atoms with Crippen LogP contribution < -0.4 is 16.2 Å². The minimum absolute atomic E-state index is 0.0668. The number of piperidine rings is 1. The lowest BCUT2D eigenvalue weighted by molar-refractivity contribution is 0.0914. The van der Waals surface area contributed by atoms with E-state index in [0.717, 1.165) is 30.4 Å². The van der Waals surface area contributed by atoms with Crippen molar-refractivity contribution in [2.75, 3.05) is 13.1 Å². The quantitative estimate of drug-likeness (QED) is 0.777. The third-order valence-corrected chi connectivity index (χ3v) is 4.14. The Balaban J connectivity index is 1.87. The smallest absolute Gasteiger partial charge is 0.261 e. The lowest BCUT2D eigenvalue weighted by Crippen LogP contribution is -2.50. The number of carbonyl (C=O) groups excluding carboxylic acids is 1. The van der Waals surface area contributed by atoms with Crippen LogP contribution in [0.1, 0.15) is 23.7 Å². The first kappa shape index (κ1) is 13.8. The van der Waals surface area contributed by atoms with Gasteiger partial charge >= 0.3 is 0 Å². The Kier molecular flexibility index (Phi) is 3.75. The summed E-state index contributed by atoms with van der Waals surface area (Å²) in [6.07, 6.45) is 1.03. The first-order valence-electron chi connectivity index (χ1n) is 7.29. The third-order valence-electron chi connectivity index (χ3n) is 4.14. The average Bonchev–Trinajstić information content (AvgIpc) is 2.49. The number of benzene rings is 1. The van der Waals surface area contributed by atoms with Gasteiger partial charge in [0.15, 0.2) is 0 Å². The fourth-order valence-electron chi connectivity index (χ4n) is 2.75. The number of pyridine rings is 1. The zero-order valence-electron chi connectivity index (χ0n) is 12.0. The van der Waals surface area contributed by atoms with E-state index in [1.165, 1.54) is 0 Å². The average molecular weight is 285 g/mol. The van der Waals surface area contributed by atoms with E-state index in [9.17, 15) is 9.59 Å². The molecular formula is C16H19N3O2. The third kappa shape index (κ3) is 2.83. The Labute approximate surface area is 122 Å². The predicted molar refractivity (Wildman–Crippen MR) is 82.5 cm³/mol. The maximum atomic E-state index is 12.4. The van der Waals surface area contributed by atoms with Gasteiger partial charge in [0.05, 0.1) is 0 Å². The van der Waals surface area contributed by atoms with Crippen molar-refractivity contribution >= 4 is 16.8 Å². The number of para-hydroxylation sites is 1. The topological polar surface area (TPSA) is 74.0 Å². The summed E-state index contributed by atoms with van der Waals surface area (Å²) in [6, 6.07) is 9.17. The number of amides is 1. The second-order valence-corrected chi connectivity index (χ2v) is 5.65. The van der Waals surface area contributed by atoms with E-state index in [4.69, 9.17) is 0 Å². The lowest BCUT2D eigenvalue weighted by atomic mass is 9.94. The summed E-state index contributed by atoms with van der Waals surface area (Å²) in [7, 11) is 0. The number of fused-ring (bicyclic) bond motifs is 1.